The van der Waals surface area contributed by atoms with Crippen molar-refractivity contribution < 1.29 is 14.7 Å². The molecule has 0 aliphatic carbocycles. The number of carboxylic acids is 1. The highest BCUT2D eigenvalue weighted by atomic mass is 16.4. The normalized spacial score (nSPS) is 19.3. The Morgan fingerprint density at radius 2 is 2.00 bits per heavy atom. The van der Waals surface area contributed by atoms with Crippen molar-refractivity contribution in [2.75, 3.05) is 13.1 Å². The molecule has 1 amide bonds. The molecular formula is C19H22N2O3. The third kappa shape index (κ3) is 3.41. The Labute approximate surface area is 141 Å². The Bertz CT molecular complexity index is 754. The van der Waals surface area contributed by atoms with Gasteiger partial charge in [-0.2, -0.15) is 0 Å². The minimum Gasteiger partial charge on any atom is -0.480 e. The number of aliphatic carboxylic acids is 1. The lowest BCUT2D eigenvalue weighted by Crippen LogP contribution is -2.43. The summed E-state index contributed by atoms with van der Waals surface area (Å²) in [6.07, 6.45) is 1.44. The molecule has 1 aliphatic rings. The second-order valence-electron chi connectivity index (χ2n) is 6.32. The third-order valence-corrected chi connectivity index (χ3v) is 4.66. The summed E-state index contributed by atoms with van der Waals surface area (Å²) < 4.78 is 0. The molecule has 2 aromatic rings. The molecular weight excluding hydrogens is 304 g/mol. The molecule has 1 unspecified atom stereocenters. The van der Waals surface area contributed by atoms with Crippen molar-refractivity contribution in [3.05, 3.63) is 48.0 Å². The highest BCUT2D eigenvalue weighted by molar-refractivity contribution is 5.87. The number of carboxylic acid groups (broad SMARTS) is 1. The van der Waals surface area contributed by atoms with Crippen molar-refractivity contribution in [1.82, 2.24) is 10.2 Å². The molecule has 2 atom stereocenters. The molecule has 5 nitrogen and oxygen atoms in total. The fraction of sp³-hybridized carbons (Fsp3) is 0.368. The molecule has 1 saturated heterocycles. The summed E-state index contributed by atoms with van der Waals surface area (Å²) in [6, 6.07) is 13.5. The molecule has 1 heterocycles. The van der Waals surface area contributed by atoms with Gasteiger partial charge in [0.15, 0.2) is 0 Å². The van der Waals surface area contributed by atoms with Crippen molar-refractivity contribution in [2.45, 2.75) is 31.8 Å². The molecule has 0 aromatic heterocycles. The number of carbonyl (C=O) groups excluding carboxylic acids is 1. The summed E-state index contributed by atoms with van der Waals surface area (Å²) in [6.45, 7) is 2.75. The van der Waals surface area contributed by atoms with Crippen molar-refractivity contribution >= 4 is 22.6 Å². The van der Waals surface area contributed by atoms with Crippen molar-refractivity contribution in [2.24, 2.45) is 0 Å². The van der Waals surface area contributed by atoms with Gasteiger partial charge >= 0.3 is 5.97 Å². The van der Waals surface area contributed by atoms with E-state index in [0.717, 1.165) is 22.8 Å². The lowest BCUT2D eigenvalue weighted by Gasteiger charge is -2.22. The van der Waals surface area contributed by atoms with Crippen LogP contribution in [-0.2, 0) is 9.59 Å². The molecule has 0 spiro atoms. The second-order valence-corrected chi connectivity index (χ2v) is 6.32. The Morgan fingerprint density at radius 3 is 2.79 bits per heavy atom. The van der Waals surface area contributed by atoms with Gasteiger partial charge in [0.1, 0.15) is 6.04 Å². The standard InChI is InChI=1S/C19H22N2O3/c1-13(15-9-4-7-14-6-2-3-8-16(14)15)20-18(22)12-21-11-5-10-17(21)19(23)24/h2-4,6-9,13,17H,5,10-12H2,1H3,(H,20,22)(H,23,24)/t13?,17-/m1/s1. The molecule has 24 heavy (non-hydrogen) atoms. The van der Waals surface area contributed by atoms with E-state index >= 15 is 0 Å². The summed E-state index contributed by atoms with van der Waals surface area (Å²) in [5.41, 5.74) is 1.07. The van der Waals surface area contributed by atoms with E-state index in [2.05, 4.69) is 17.4 Å². The SMILES string of the molecule is CC(NC(=O)CN1CCC[C@@H]1C(=O)O)c1cccc2ccccc12. The Morgan fingerprint density at radius 1 is 1.25 bits per heavy atom. The van der Waals surface area contributed by atoms with E-state index in [0.29, 0.717) is 13.0 Å². The maximum Gasteiger partial charge on any atom is 0.320 e. The van der Waals surface area contributed by atoms with Gasteiger partial charge < -0.3 is 10.4 Å². The summed E-state index contributed by atoms with van der Waals surface area (Å²) >= 11 is 0. The van der Waals surface area contributed by atoms with Crippen LogP contribution in [0.2, 0.25) is 0 Å². The van der Waals surface area contributed by atoms with E-state index in [4.69, 9.17) is 0 Å². The number of nitrogens with zero attached hydrogens (tertiary/aromatic N) is 1. The van der Waals surface area contributed by atoms with E-state index in [-0.39, 0.29) is 18.5 Å². The van der Waals surface area contributed by atoms with Gasteiger partial charge in [0.2, 0.25) is 5.91 Å². The maximum atomic E-state index is 12.3. The number of amides is 1. The van der Waals surface area contributed by atoms with Crippen LogP contribution in [0, 0.1) is 0 Å². The predicted octanol–water partition coefficient (Wildman–Crippen LogP) is 2.57. The number of hydrogen-bond donors (Lipinski definition) is 2. The number of nitrogens with one attached hydrogen (secondary N) is 1. The zero-order chi connectivity index (χ0) is 17.1. The first-order valence-corrected chi connectivity index (χ1v) is 8.30. The number of fused-ring (bicyclic) bond motifs is 1. The molecule has 1 fully saturated rings. The van der Waals surface area contributed by atoms with Crippen LogP contribution in [0.4, 0.5) is 0 Å². The van der Waals surface area contributed by atoms with Gasteiger partial charge in [0.05, 0.1) is 12.6 Å². The van der Waals surface area contributed by atoms with Crippen LogP contribution in [0.1, 0.15) is 31.4 Å². The molecule has 2 N–H and O–H groups in total. The van der Waals surface area contributed by atoms with E-state index in [1.54, 1.807) is 4.90 Å². The van der Waals surface area contributed by atoms with Gasteiger partial charge in [-0.15, -0.1) is 0 Å². The summed E-state index contributed by atoms with van der Waals surface area (Å²) in [4.78, 5) is 25.3. The van der Waals surface area contributed by atoms with Crippen molar-refractivity contribution in [3.63, 3.8) is 0 Å². The Hall–Kier alpha value is -2.40. The predicted molar refractivity (Wildman–Crippen MR) is 92.7 cm³/mol. The summed E-state index contributed by atoms with van der Waals surface area (Å²) in [5, 5.41) is 14.5. The van der Waals surface area contributed by atoms with Crippen LogP contribution < -0.4 is 5.32 Å². The maximum absolute atomic E-state index is 12.3. The molecule has 0 bridgehead atoms. The number of carbonyl (C=O) groups is 2. The van der Waals surface area contributed by atoms with Crippen molar-refractivity contribution in [3.8, 4) is 0 Å². The van der Waals surface area contributed by atoms with Crippen molar-refractivity contribution in [1.29, 1.82) is 0 Å². The second kappa shape index (κ2) is 7.01. The first-order valence-electron chi connectivity index (χ1n) is 8.30. The first kappa shape index (κ1) is 16.5. The van der Waals surface area contributed by atoms with Crippen LogP contribution in [-0.4, -0.2) is 41.0 Å². The van der Waals surface area contributed by atoms with E-state index < -0.39 is 12.0 Å². The highest BCUT2D eigenvalue weighted by Gasteiger charge is 2.31. The molecule has 2 aromatic carbocycles. The van der Waals surface area contributed by atoms with Gasteiger partial charge in [0, 0.05) is 0 Å². The monoisotopic (exact) mass is 326 g/mol. The largest absolute Gasteiger partial charge is 0.480 e. The molecule has 5 heteroatoms. The zero-order valence-electron chi connectivity index (χ0n) is 13.7. The van der Waals surface area contributed by atoms with Gasteiger partial charge in [-0.3, -0.25) is 14.5 Å². The molecule has 0 saturated carbocycles. The van der Waals surface area contributed by atoms with Crippen LogP contribution in [0.15, 0.2) is 42.5 Å². The topological polar surface area (TPSA) is 69.6 Å². The molecule has 0 radical (unpaired) electrons. The highest BCUT2D eigenvalue weighted by Crippen LogP contribution is 2.24. The van der Waals surface area contributed by atoms with E-state index in [1.165, 1.54) is 0 Å². The number of hydrogen-bond acceptors (Lipinski definition) is 3. The van der Waals surface area contributed by atoms with Gasteiger partial charge in [-0.05, 0) is 42.6 Å². The average molecular weight is 326 g/mol. The lowest BCUT2D eigenvalue weighted by molar-refractivity contribution is -0.142. The Kier molecular flexibility index (Phi) is 4.81. The first-order chi connectivity index (χ1) is 11.6. The summed E-state index contributed by atoms with van der Waals surface area (Å²) in [5.74, 6) is -0.981. The van der Waals surface area contributed by atoms with E-state index in [1.807, 2.05) is 37.3 Å². The van der Waals surface area contributed by atoms with Gasteiger partial charge in [-0.25, -0.2) is 0 Å². The Balaban J connectivity index is 1.69. The molecule has 126 valence electrons. The number of rotatable bonds is 5. The lowest BCUT2D eigenvalue weighted by atomic mass is 10.00. The van der Waals surface area contributed by atoms with Gasteiger partial charge in [0.25, 0.3) is 0 Å². The minimum absolute atomic E-state index is 0.130. The van der Waals surface area contributed by atoms with E-state index in [9.17, 15) is 14.7 Å². The molecule has 3 rings (SSSR count). The van der Waals surface area contributed by atoms with Crippen LogP contribution in [0.25, 0.3) is 10.8 Å². The smallest absolute Gasteiger partial charge is 0.320 e. The third-order valence-electron chi connectivity index (χ3n) is 4.66. The quantitative estimate of drug-likeness (QED) is 0.886. The van der Waals surface area contributed by atoms with Crippen LogP contribution in [0.5, 0.6) is 0 Å². The van der Waals surface area contributed by atoms with Crippen LogP contribution in [0.3, 0.4) is 0 Å². The number of benzene rings is 2. The molecule has 1 aliphatic heterocycles. The zero-order valence-corrected chi connectivity index (χ0v) is 13.7. The average Bonchev–Trinajstić information content (AvgIpc) is 3.02. The fourth-order valence-corrected chi connectivity index (χ4v) is 3.47. The van der Waals surface area contributed by atoms with Gasteiger partial charge in [-0.1, -0.05) is 42.5 Å². The summed E-state index contributed by atoms with van der Waals surface area (Å²) in [7, 11) is 0. The number of likely N-dealkylation sites (tertiary alicyclic amines) is 1. The minimum atomic E-state index is -0.845. The van der Waals surface area contributed by atoms with Crippen LogP contribution >= 0.6 is 0 Å². The fourth-order valence-electron chi connectivity index (χ4n) is 3.47.